The Balaban J connectivity index is 1.74. The van der Waals surface area contributed by atoms with Gasteiger partial charge in [0.2, 0.25) is 0 Å². The third-order valence-electron chi connectivity index (χ3n) is 3.86. The molecule has 0 bridgehead atoms. The maximum absolute atomic E-state index is 11.5. The van der Waals surface area contributed by atoms with Crippen molar-refractivity contribution in [3.8, 4) is 0 Å². The number of rotatable bonds is 6. The minimum absolute atomic E-state index is 0.311. The van der Waals surface area contributed by atoms with Crippen molar-refractivity contribution in [2.45, 2.75) is 45.4 Å². The first kappa shape index (κ1) is 14.8. The van der Waals surface area contributed by atoms with Crippen LogP contribution in [-0.2, 0) is 4.74 Å². The molecule has 1 aromatic heterocycles. The van der Waals surface area contributed by atoms with Crippen LogP contribution in [0, 0.1) is 5.92 Å². The largest absolute Gasteiger partial charge is 0.462 e. The van der Waals surface area contributed by atoms with E-state index in [4.69, 9.17) is 4.74 Å². The molecule has 1 aromatic rings. The molecule has 0 spiro atoms. The zero-order valence-corrected chi connectivity index (χ0v) is 12.2. The minimum atomic E-state index is -0.311. The van der Waals surface area contributed by atoms with Crippen molar-refractivity contribution in [3.05, 3.63) is 23.9 Å². The molecule has 110 valence electrons. The lowest BCUT2D eigenvalue weighted by molar-refractivity contribution is 0.0526. The van der Waals surface area contributed by atoms with Crippen LogP contribution in [0.2, 0.25) is 0 Å². The zero-order chi connectivity index (χ0) is 14.2. The predicted molar refractivity (Wildman–Crippen MR) is 79.9 cm³/mol. The molecule has 1 heterocycles. The van der Waals surface area contributed by atoms with Crippen molar-refractivity contribution < 1.29 is 9.53 Å². The van der Waals surface area contributed by atoms with Gasteiger partial charge in [-0.1, -0.05) is 32.1 Å². The van der Waals surface area contributed by atoms with Gasteiger partial charge in [-0.15, -0.1) is 0 Å². The Morgan fingerprint density at radius 3 is 2.80 bits per heavy atom. The van der Waals surface area contributed by atoms with Crippen molar-refractivity contribution in [2.24, 2.45) is 5.92 Å². The van der Waals surface area contributed by atoms with E-state index in [1.807, 2.05) is 6.07 Å². The molecule has 4 nitrogen and oxygen atoms in total. The maximum atomic E-state index is 11.5. The predicted octanol–water partition coefficient (Wildman–Crippen LogP) is 3.64. The number of hydrogen-bond donors (Lipinski definition) is 1. The molecule has 0 atom stereocenters. The number of nitrogens with one attached hydrogen (secondary N) is 1. The Kier molecular flexibility index (Phi) is 5.84. The molecular formula is C16H24N2O2. The zero-order valence-electron chi connectivity index (χ0n) is 12.2. The maximum Gasteiger partial charge on any atom is 0.339 e. The molecule has 1 aliphatic rings. The molecule has 20 heavy (non-hydrogen) atoms. The molecule has 0 unspecified atom stereocenters. The monoisotopic (exact) mass is 276 g/mol. The van der Waals surface area contributed by atoms with Crippen LogP contribution in [0.25, 0.3) is 0 Å². The number of hydrogen-bond acceptors (Lipinski definition) is 4. The van der Waals surface area contributed by atoms with E-state index in [9.17, 15) is 4.79 Å². The first-order valence-corrected chi connectivity index (χ1v) is 7.66. The van der Waals surface area contributed by atoms with Crippen molar-refractivity contribution in [2.75, 3.05) is 18.5 Å². The Bertz CT molecular complexity index is 411. The van der Waals surface area contributed by atoms with Gasteiger partial charge in [-0.3, -0.25) is 0 Å². The second-order valence-corrected chi connectivity index (χ2v) is 5.37. The Labute approximate surface area is 120 Å². The first-order valence-electron chi connectivity index (χ1n) is 7.66. The van der Waals surface area contributed by atoms with Gasteiger partial charge in [0.25, 0.3) is 0 Å². The average Bonchev–Trinajstić information content (AvgIpc) is 2.49. The van der Waals surface area contributed by atoms with Gasteiger partial charge in [0, 0.05) is 12.7 Å². The standard InChI is InChI=1S/C16H24N2O2/c1-2-20-16(19)14-8-9-15(18-12-14)17-11-10-13-6-4-3-5-7-13/h8-9,12-13H,2-7,10-11H2,1H3,(H,17,18). The summed E-state index contributed by atoms with van der Waals surface area (Å²) in [5.74, 6) is 1.39. The van der Waals surface area contributed by atoms with Crippen molar-refractivity contribution >= 4 is 11.8 Å². The number of aromatic nitrogens is 1. The highest BCUT2D eigenvalue weighted by molar-refractivity contribution is 5.89. The van der Waals surface area contributed by atoms with Crippen LogP contribution in [0.5, 0.6) is 0 Å². The second kappa shape index (κ2) is 7.88. The van der Waals surface area contributed by atoms with Crippen molar-refractivity contribution in [1.29, 1.82) is 0 Å². The number of carbonyl (C=O) groups excluding carboxylic acids is 1. The average molecular weight is 276 g/mol. The van der Waals surface area contributed by atoms with Crippen LogP contribution in [0.15, 0.2) is 18.3 Å². The summed E-state index contributed by atoms with van der Waals surface area (Å²) in [7, 11) is 0. The highest BCUT2D eigenvalue weighted by Gasteiger charge is 2.12. The molecule has 0 amide bonds. The lowest BCUT2D eigenvalue weighted by atomic mass is 9.87. The topological polar surface area (TPSA) is 51.2 Å². The third-order valence-corrected chi connectivity index (χ3v) is 3.86. The van der Waals surface area contributed by atoms with Gasteiger partial charge in [-0.2, -0.15) is 0 Å². The summed E-state index contributed by atoms with van der Waals surface area (Å²) in [5, 5.41) is 3.33. The van der Waals surface area contributed by atoms with E-state index in [1.54, 1.807) is 19.2 Å². The summed E-state index contributed by atoms with van der Waals surface area (Å²) < 4.78 is 4.93. The van der Waals surface area contributed by atoms with E-state index in [0.717, 1.165) is 18.3 Å². The van der Waals surface area contributed by atoms with E-state index in [2.05, 4.69) is 10.3 Å². The molecule has 0 aromatic carbocycles. The normalized spacial score (nSPS) is 15.8. The first-order chi connectivity index (χ1) is 9.79. The van der Waals surface area contributed by atoms with E-state index >= 15 is 0 Å². The molecule has 1 saturated carbocycles. The lowest BCUT2D eigenvalue weighted by Gasteiger charge is -2.21. The van der Waals surface area contributed by atoms with Crippen LogP contribution in [0.1, 0.15) is 55.8 Å². The summed E-state index contributed by atoms with van der Waals surface area (Å²) in [6.45, 7) is 3.14. The summed E-state index contributed by atoms with van der Waals surface area (Å²) in [4.78, 5) is 15.7. The third kappa shape index (κ3) is 4.51. The number of nitrogens with zero attached hydrogens (tertiary/aromatic N) is 1. The van der Waals surface area contributed by atoms with E-state index in [-0.39, 0.29) is 5.97 Å². The van der Waals surface area contributed by atoms with Crippen LogP contribution in [-0.4, -0.2) is 24.1 Å². The molecule has 0 saturated heterocycles. The van der Waals surface area contributed by atoms with E-state index in [0.29, 0.717) is 12.2 Å². The summed E-state index contributed by atoms with van der Waals surface area (Å²) in [6, 6.07) is 3.60. The number of pyridine rings is 1. The fraction of sp³-hybridized carbons (Fsp3) is 0.625. The quantitative estimate of drug-likeness (QED) is 0.806. The van der Waals surface area contributed by atoms with Crippen LogP contribution < -0.4 is 5.32 Å². The molecule has 2 rings (SSSR count). The smallest absolute Gasteiger partial charge is 0.339 e. The summed E-state index contributed by atoms with van der Waals surface area (Å²) in [6.07, 6.45) is 9.70. The van der Waals surface area contributed by atoms with Crippen LogP contribution in [0.3, 0.4) is 0 Å². The molecular weight excluding hydrogens is 252 g/mol. The van der Waals surface area contributed by atoms with Gasteiger partial charge >= 0.3 is 5.97 Å². The molecule has 1 N–H and O–H groups in total. The number of ether oxygens (including phenoxy) is 1. The van der Waals surface area contributed by atoms with Gasteiger partial charge in [-0.05, 0) is 31.4 Å². The fourth-order valence-corrected chi connectivity index (χ4v) is 2.71. The highest BCUT2D eigenvalue weighted by atomic mass is 16.5. The molecule has 0 radical (unpaired) electrons. The van der Waals surface area contributed by atoms with Gasteiger partial charge in [0.05, 0.1) is 12.2 Å². The summed E-state index contributed by atoms with van der Waals surface area (Å²) in [5.41, 5.74) is 0.504. The molecule has 1 aliphatic carbocycles. The van der Waals surface area contributed by atoms with Gasteiger partial charge in [-0.25, -0.2) is 9.78 Å². The molecule has 4 heteroatoms. The fourth-order valence-electron chi connectivity index (χ4n) is 2.71. The lowest BCUT2D eigenvalue weighted by Crippen LogP contribution is -2.13. The van der Waals surface area contributed by atoms with Gasteiger partial charge in [0.1, 0.15) is 5.82 Å². The van der Waals surface area contributed by atoms with Crippen molar-refractivity contribution in [1.82, 2.24) is 4.98 Å². The van der Waals surface area contributed by atoms with Gasteiger partial charge in [0.15, 0.2) is 0 Å². The minimum Gasteiger partial charge on any atom is -0.462 e. The number of anilines is 1. The number of carbonyl (C=O) groups is 1. The van der Waals surface area contributed by atoms with Crippen molar-refractivity contribution in [3.63, 3.8) is 0 Å². The Hall–Kier alpha value is -1.58. The molecule has 1 fully saturated rings. The van der Waals surface area contributed by atoms with E-state index < -0.39 is 0 Å². The molecule has 0 aliphatic heterocycles. The van der Waals surface area contributed by atoms with Crippen LogP contribution in [0.4, 0.5) is 5.82 Å². The number of esters is 1. The van der Waals surface area contributed by atoms with Gasteiger partial charge < -0.3 is 10.1 Å². The Morgan fingerprint density at radius 1 is 1.35 bits per heavy atom. The SMILES string of the molecule is CCOC(=O)c1ccc(NCCC2CCCCC2)nc1. The second-order valence-electron chi connectivity index (χ2n) is 5.37. The van der Waals surface area contributed by atoms with Crippen LogP contribution >= 0.6 is 0 Å². The van der Waals surface area contributed by atoms with E-state index in [1.165, 1.54) is 38.5 Å². The highest BCUT2D eigenvalue weighted by Crippen LogP contribution is 2.26. The Morgan fingerprint density at radius 2 is 2.15 bits per heavy atom. The summed E-state index contributed by atoms with van der Waals surface area (Å²) >= 11 is 0.